The van der Waals surface area contributed by atoms with Crippen molar-refractivity contribution in [2.24, 2.45) is 0 Å². The largest absolute Gasteiger partial charge is 0.497 e. The van der Waals surface area contributed by atoms with E-state index in [1.165, 1.54) is 51.9 Å². The number of benzene rings is 4. The van der Waals surface area contributed by atoms with Gasteiger partial charge in [0.25, 0.3) is 11.1 Å². The van der Waals surface area contributed by atoms with Crippen LogP contribution in [0.1, 0.15) is 32.6 Å². The zero-order valence-electron chi connectivity index (χ0n) is 36.4. The molecule has 6 heterocycles. The second kappa shape index (κ2) is 19.5. The van der Waals surface area contributed by atoms with Crippen LogP contribution in [0.15, 0.2) is 138 Å². The molecule has 0 amide bonds. The molecular weight excluding hydrogens is 824 g/mol. The van der Waals surface area contributed by atoms with Crippen LogP contribution in [-0.4, -0.2) is 91.5 Å². The summed E-state index contributed by atoms with van der Waals surface area (Å²) >= 11 is 6.39. The molecule has 2 aliphatic heterocycles. The Kier molecular flexibility index (Phi) is 13.0. The average molecular weight is 877 g/mol. The average Bonchev–Trinajstić information content (AvgIpc) is 4.17. The minimum absolute atomic E-state index is 0.0582. The van der Waals surface area contributed by atoms with Gasteiger partial charge in [-0.1, -0.05) is 23.7 Å². The molecule has 0 atom stereocenters. The Hall–Kier alpha value is -6.47. The molecular formula is C51H53ClN8O4. The highest BCUT2D eigenvalue weighted by Gasteiger charge is 2.15. The van der Waals surface area contributed by atoms with Crippen LogP contribution in [0.25, 0.3) is 55.4 Å². The normalized spacial score (nSPS) is 14.3. The number of pyridine rings is 2. The summed E-state index contributed by atoms with van der Waals surface area (Å²) in [6.45, 7) is 11.2. The summed E-state index contributed by atoms with van der Waals surface area (Å²) < 4.78 is 18.1. The summed E-state index contributed by atoms with van der Waals surface area (Å²) in [6, 6.07) is 32.5. The highest BCUT2D eigenvalue weighted by molar-refractivity contribution is 6.33. The first-order valence-electron chi connectivity index (χ1n) is 22.2. The molecule has 2 fully saturated rings. The molecule has 2 saturated heterocycles. The number of nitrogens with zero attached hydrogens (tertiary/aromatic N) is 8. The van der Waals surface area contributed by atoms with Gasteiger partial charge >= 0.3 is 0 Å². The van der Waals surface area contributed by atoms with Crippen molar-refractivity contribution in [3.63, 3.8) is 0 Å². The number of rotatable bonds is 13. The van der Waals surface area contributed by atoms with Crippen molar-refractivity contribution in [2.75, 3.05) is 53.0 Å². The van der Waals surface area contributed by atoms with Crippen molar-refractivity contribution in [1.29, 1.82) is 0 Å². The van der Waals surface area contributed by atoms with Gasteiger partial charge in [-0.15, -0.1) is 0 Å². The number of aromatic nitrogens is 6. The van der Waals surface area contributed by atoms with Crippen LogP contribution in [0.3, 0.4) is 0 Å². The topological polar surface area (TPSA) is 105 Å². The molecule has 4 aromatic carbocycles. The zero-order chi connectivity index (χ0) is 44.0. The SMILES string of the molecule is CCOc1ccc(-c2ccn(-c3ccc4c(cnn4CCN4CCCC4)c3)c(=O)c2)cc1.COc1ccc(-c2ccn(-c3ccc4c(cnn4CCN4CCCC4)c3)c(=O)c2)c(Cl)c1. The van der Waals surface area contributed by atoms with E-state index in [1.807, 2.05) is 104 Å². The number of likely N-dealkylation sites (tertiary alicyclic amines) is 2. The molecule has 4 aromatic heterocycles. The predicted octanol–water partition coefficient (Wildman–Crippen LogP) is 8.96. The Bertz CT molecular complexity index is 3000. The monoisotopic (exact) mass is 876 g/mol. The molecule has 0 bridgehead atoms. The van der Waals surface area contributed by atoms with Gasteiger partial charge in [0.15, 0.2) is 0 Å². The summed E-state index contributed by atoms with van der Waals surface area (Å²) in [7, 11) is 1.60. The summed E-state index contributed by atoms with van der Waals surface area (Å²) in [5.74, 6) is 1.51. The highest BCUT2D eigenvalue weighted by atomic mass is 35.5. The summed E-state index contributed by atoms with van der Waals surface area (Å²) in [4.78, 5) is 30.8. The van der Waals surface area contributed by atoms with Crippen molar-refractivity contribution in [2.45, 2.75) is 45.7 Å². The van der Waals surface area contributed by atoms with Crippen LogP contribution in [0.5, 0.6) is 11.5 Å². The molecule has 0 saturated carbocycles. The van der Waals surface area contributed by atoms with Crippen LogP contribution < -0.4 is 20.6 Å². The number of halogens is 1. The van der Waals surface area contributed by atoms with Crippen LogP contribution in [0.2, 0.25) is 5.02 Å². The van der Waals surface area contributed by atoms with E-state index in [9.17, 15) is 9.59 Å². The molecule has 10 rings (SSSR count). The van der Waals surface area contributed by atoms with Crippen molar-refractivity contribution >= 4 is 33.4 Å². The number of fused-ring (bicyclic) bond motifs is 2. The van der Waals surface area contributed by atoms with E-state index in [1.54, 1.807) is 40.6 Å². The Morgan fingerprint density at radius 1 is 0.562 bits per heavy atom. The van der Waals surface area contributed by atoms with Gasteiger partial charge in [-0.2, -0.15) is 10.2 Å². The van der Waals surface area contributed by atoms with E-state index in [0.717, 1.165) is 87.4 Å². The maximum absolute atomic E-state index is 12.9. The van der Waals surface area contributed by atoms with Gasteiger partial charge in [-0.3, -0.25) is 28.1 Å². The minimum Gasteiger partial charge on any atom is -0.497 e. The number of methoxy groups -OCH3 is 1. The molecule has 12 nitrogen and oxygen atoms in total. The fourth-order valence-corrected chi connectivity index (χ4v) is 9.07. The Morgan fingerprint density at radius 2 is 1.08 bits per heavy atom. The molecule has 13 heteroatoms. The maximum Gasteiger partial charge on any atom is 0.255 e. The van der Waals surface area contributed by atoms with E-state index in [0.29, 0.717) is 17.4 Å². The first kappa shape index (κ1) is 42.8. The molecule has 8 aromatic rings. The summed E-state index contributed by atoms with van der Waals surface area (Å²) in [5, 5.41) is 11.8. The molecule has 328 valence electrons. The number of ether oxygens (including phenoxy) is 2. The lowest BCUT2D eigenvalue weighted by atomic mass is 10.1. The minimum atomic E-state index is -0.116. The third-order valence-electron chi connectivity index (χ3n) is 12.3. The molecule has 0 aliphatic carbocycles. The van der Waals surface area contributed by atoms with Crippen molar-refractivity contribution in [1.82, 2.24) is 38.5 Å². The van der Waals surface area contributed by atoms with Gasteiger partial charge in [0, 0.05) is 65.3 Å². The Morgan fingerprint density at radius 3 is 1.58 bits per heavy atom. The second-order valence-corrected chi connectivity index (χ2v) is 16.8. The molecule has 64 heavy (non-hydrogen) atoms. The van der Waals surface area contributed by atoms with Gasteiger partial charge in [0.05, 0.1) is 55.3 Å². The van der Waals surface area contributed by atoms with E-state index in [4.69, 9.17) is 21.1 Å². The van der Waals surface area contributed by atoms with E-state index in [-0.39, 0.29) is 11.1 Å². The zero-order valence-corrected chi connectivity index (χ0v) is 37.2. The predicted molar refractivity (Wildman–Crippen MR) is 256 cm³/mol. The van der Waals surface area contributed by atoms with E-state index in [2.05, 4.69) is 35.4 Å². The van der Waals surface area contributed by atoms with Gasteiger partial charge in [-0.25, -0.2) is 0 Å². The maximum atomic E-state index is 12.9. The smallest absolute Gasteiger partial charge is 0.255 e. The van der Waals surface area contributed by atoms with Crippen LogP contribution >= 0.6 is 11.6 Å². The standard InChI is InChI=1S/C26H28N4O2.C25H25ClN4O2/c1-2-32-24-8-5-20(6-9-24)21-11-14-29(26(31)18-21)23-7-10-25-22(17-23)19-27-30(25)16-15-28-12-3-4-13-28;1-32-21-5-6-22(23(26)16-21)18-8-11-29(25(31)15-18)20-4-7-24-19(14-20)17-27-30(24)13-12-28-9-2-3-10-28/h5-11,14,17-19H,2-4,12-13,15-16H2,1H3;4-8,11,14-17H,2-3,9-10,12-13H2,1H3. The molecule has 0 spiro atoms. The molecule has 0 radical (unpaired) electrons. The lowest BCUT2D eigenvalue weighted by Crippen LogP contribution is -2.24. The lowest BCUT2D eigenvalue weighted by Gasteiger charge is -2.14. The number of hydrogen-bond acceptors (Lipinski definition) is 8. The van der Waals surface area contributed by atoms with Gasteiger partial charge in [0.1, 0.15) is 11.5 Å². The third kappa shape index (κ3) is 9.54. The molecule has 0 N–H and O–H groups in total. The van der Waals surface area contributed by atoms with Crippen molar-refractivity contribution < 1.29 is 9.47 Å². The highest BCUT2D eigenvalue weighted by Crippen LogP contribution is 2.31. The lowest BCUT2D eigenvalue weighted by molar-refractivity contribution is 0.318. The fourth-order valence-electron chi connectivity index (χ4n) is 8.79. The fraction of sp³-hybridized carbons (Fsp3) is 0.294. The molecule has 2 aliphatic rings. The Balaban J connectivity index is 0.000000162. The summed E-state index contributed by atoms with van der Waals surface area (Å²) in [5.41, 5.74) is 7.13. The van der Waals surface area contributed by atoms with Crippen molar-refractivity contribution in [3.8, 4) is 45.1 Å². The van der Waals surface area contributed by atoms with Crippen LogP contribution in [0, 0.1) is 0 Å². The Labute approximate surface area is 377 Å². The second-order valence-electron chi connectivity index (χ2n) is 16.4. The van der Waals surface area contributed by atoms with Crippen LogP contribution in [0.4, 0.5) is 0 Å². The quantitative estimate of drug-likeness (QED) is 0.113. The van der Waals surface area contributed by atoms with Gasteiger partial charge < -0.3 is 19.3 Å². The molecule has 0 unspecified atom stereocenters. The van der Waals surface area contributed by atoms with Gasteiger partial charge in [0.2, 0.25) is 0 Å². The first-order valence-corrected chi connectivity index (χ1v) is 22.6. The van der Waals surface area contributed by atoms with E-state index >= 15 is 0 Å². The first-order chi connectivity index (χ1) is 31.3. The van der Waals surface area contributed by atoms with Crippen molar-refractivity contribution in [3.05, 3.63) is 154 Å². The van der Waals surface area contributed by atoms with Gasteiger partial charge in [-0.05, 0) is 154 Å². The summed E-state index contributed by atoms with van der Waals surface area (Å²) in [6.07, 6.45) is 12.6. The number of hydrogen-bond donors (Lipinski definition) is 0. The third-order valence-corrected chi connectivity index (χ3v) is 12.6. The van der Waals surface area contributed by atoms with Crippen LogP contribution in [-0.2, 0) is 13.1 Å². The van der Waals surface area contributed by atoms with E-state index < -0.39 is 0 Å².